The van der Waals surface area contributed by atoms with E-state index in [4.69, 9.17) is 0 Å². The van der Waals surface area contributed by atoms with Gasteiger partial charge in [0.25, 0.3) is 0 Å². The van der Waals surface area contributed by atoms with Gasteiger partial charge in [0.1, 0.15) is 0 Å². The minimum absolute atomic E-state index is 0.259. The number of likely N-dealkylation sites (tertiary alicyclic amines) is 1. The van der Waals surface area contributed by atoms with Gasteiger partial charge in [-0.15, -0.1) is 0 Å². The summed E-state index contributed by atoms with van der Waals surface area (Å²) in [6.07, 6.45) is 2.58. The van der Waals surface area contributed by atoms with Crippen LogP contribution in [0.4, 0.5) is 5.69 Å². The van der Waals surface area contributed by atoms with Crippen LogP contribution < -0.4 is 5.32 Å². The molecule has 1 aromatic heterocycles. The Morgan fingerprint density at radius 2 is 1.96 bits per heavy atom. The number of nitrogens with one attached hydrogen (secondary N) is 1. The molecule has 1 atom stereocenters. The summed E-state index contributed by atoms with van der Waals surface area (Å²) in [5, 5.41) is 2.74. The molecule has 5 heteroatoms. The van der Waals surface area contributed by atoms with Crippen molar-refractivity contribution >= 4 is 18.4 Å². The second kappa shape index (κ2) is 7.01. The van der Waals surface area contributed by atoms with E-state index in [0.717, 1.165) is 49.3 Å². The van der Waals surface area contributed by atoms with Crippen molar-refractivity contribution in [2.45, 2.75) is 32.9 Å². The molecule has 3 rings (SSSR count). The van der Waals surface area contributed by atoms with Gasteiger partial charge < -0.3 is 9.88 Å². The molecule has 1 saturated heterocycles. The number of benzene rings is 1. The van der Waals surface area contributed by atoms with Crippen LogP contribution in [0, 0.1) is 13.8 Å². The van der Waals surface area contributed by atoms with Crippen molar-refractivity contribution in [3.05, 3.63) is 52.8 Å². The third-order valence-electron chi connectivity index (χ3n) is 4.92. The van der Waals surface area contributed by atoms with E-state index in [1.54, 1.807) is 0 Å². The number of carbonyl (C=O) groups is 2. The fourth-order valence-electron chi connectivity index (χ4n) is 3.78. The second-order valence-corrected chi connectivity index (χ2v) is 6.38. The van der Waals surface area contributed by atoms with Gasteiger partial charge in [-0.1, -0.05) is 30.3 Å². The van der Waals surface area contributed by atoms with Crippen molar-refractivity contribution in [2.75, 3.05) is 18.4 Å². The first-order valence-corrected chi connectivity index (χ1v) is 8.28. The highest BCUT2D eigenvalue weighted by Crippen LogP contribution is 2.33. The quantitative estimate of drug-likeness (QED) is 0.831. The minimum Gasteiger partial charge on any atom is -0.336 e. The van der Waals surface area contributed by atoms with E-state index in [1.807, 2.05) is 19.9 Å². The fraction of sp³-hybridized carbons (Fsp3) is 0.368. The van der Waals surface area contributed by atoms with Gasteiger partial charge >= 0.3 is 0 Å². The Morgan fingerprint density at radius 1 is 1.21 bits per heavy atom. The predicted molar refractivity (Wildman–Crippen MR) is 94.4 cm³/mol. The Balaban J connectivity index is 1.81. The van der Waals surface area contributed by atoms with Crippen molar-refractivity contribution in [3.63, 3.8) is 0 Å². The van der Waals surface area contributed by atoms with E-state index in [9.17, 15) is 9.59 Å². The lowest BCUT2D eigenvalue weighted by molar-refractivity contribution is -0.105. The number of rotatable bonds is 6. The first kappa shape index (κ1) is 16.5. The Kier molecular flexibility index (Phi) is 4.81. The molecule has 1 fully saturated rings. The lowest BCUT2D eigenvalue weighted by Crippen LogP contribution is -2.22. The molecule has 0 spiro atoms. The number of aldehydes is 1. The van der Waals surface area contributed by atoms with Gasteiger partial charge in [-0.2, -0.15) is 0 Å². The van der Waals surface area contributed by atoms with Crippen LogP contribution in [0.3, 0.4) is 0 Å². The summed E-state index contributed by atoms with van der Waals surface area (Å²) in [6.45, 7) is 6.68. The average molecular weight is 325 g/mol. The molecule has 1 aliphatic heterocycles. The Bertz CT molecular complexity index is 737. The van der Waals surface area contributed by atoms with Gasteiger partial charge in [0.2, 0.25) is 6.41 Å². The molecule has 0 bridgehead atoms. The molecule has 1 N–H and O–H groups in total. The van der Waals surface area contributed by atoms with Crippen LogP contribution in [0.2, 0.25) is 0 Å². The van der Waals surface area contributed by atoms with Crippen molar-refractivity contribution in [3.8, 4) is 0 Å². The van der Waals surface area contributed by atoms with Gasteiger partial charge in [0, 0.05) is 36.9 Å². The van der Waals surface area contributed by atoms with Gasteiger partial charge in [-0.05, 0) is 25.8 Å². The van der Waals surface area contributed by atoms with E-state index in [2.05, 4.69) is 39.0 Å². The molecule has 126 valence electrons. The molecule has 0 aliphatic carbocycles. The normalized spacial score (nSPS) is 17.8. The Morgan fingerprint density at radius 3 is 2.62 bits per heavy atom. The summed E-state index contributed by atoms with van der Waals surface area (Å²) in [5.41, 5.74) is 4.53. The van der Waals surface area contributed by atoms with Gasteiger partial charge in [0.15, 0.2) is 6.29 Å². The minimum atomic E-state index is 0.259. The first-order valence-electron chi connectivity index (χ1n) is 8.28. The van der Waals surface area contributed by atoms with Crippen LogP contribution >= 0.6 is 0 Å². The van der Waals surface area contributed by atoms with Crippen LogP contribution in [0.1, 0.15) is 39.8 Å². The van der Waals surface area contributed by atoms with Crippen molar-refractivity contribution < 1.29 is 9.59 Å². The molecule has 2 aromatic rings. The Labute approximate surface area is 142 Å². The molecule has 1 unspecified atom stereocenters. The zero-order valence-corrected chi connectivity index (χ0v) is 14.2. The summed E-state index contributed by atoms with van der Waals surface area (Å²) in [4.78, 5) is 24.9. The Hall–Kier alpha value is -2.40. The number of nitrogens with zero attached hydrogens (tertiary/aromatic N) is 2. The van der Waals surface area contributed by atoms with Crippen molar-refractivity contribution in [2.24, 2.45) is 0 Å². The smallest absolute Gasteiger partial charge is 0.211 e. The second-order valence-electron chi connectivity index (χ2n) is 6.38. The maximum Gasteiger partial charge on any atom is 0.211 e. The number of hydrogen-bond donors (Lipinski definition) is 1. The molecule has 1 amide bonds. The van der Waals surface area contributed by atoms with Crippen LogP contribution in [-0.4, -0.2) is 35.3 Å². The standard InChI is InChI=1S/C19H23N3O2/c1-14-18(12-23)22(15(2)19(14)20-13-24)17-8-9-21(11-17)10-16-6-4-3-5-7-16/h3-7,12-13,17H,8-11H2,1-2H3,(H,20,24). The molecule has 24 heavy (non-hydrogen) atoms. The molecule has 1 aromatic carbocycles. The third-order valence-corrected chi connectivity index (χ3v) is 4.92. The molecule has 2 heterocycles. The van der Waals surface area contributed by atoms with Gasteiger partial charge in [-0.3, -0.25) is 14.5 Å². The van der Waals surface area contributed by atoms with E-state index in [0.29, 0.717) is 12.1 Å². The van der Waals surface area contributed by atoms with Crippen LogP contribution in [0.5, 0.6) is 0 Å². The average Bonchev–Trinajstić information content (AvgIpc) is 3.13. The lowest BCUT2D eigenvalue weighted by atomic mass is 10.2. The van der Waals surface area contributed by atoms with E-state index in [1.165, 1.54) is 5.56 Å². The maximum atomic E-state index is 11.6. The molecule has 0 saturated carbocycles. The number of anilines is 1. The number of hydrogen-bond acceptors (Lipinski definition) is 3. The van der Waals surface area contributed by atoms with E-state index >= 15 is 0 Å². The van der Waals surface area contributed by atoms with Gasteiger partial charge in [-0.25, -0.2) is 0 Å². The molecule has 5 nitrogen and oxygen atoms in total. The highest BCUT2D eigenvalue weighted by atomic mass is 16.1. The SMILES string of the molecule is Cc1c(NC=O)c(C)n(C2CCN(Cc3ccccc3)C2)c1C=O. The predicted octanol–water partition coefficient (Wildman–Crippen LogP) is 2.93. The van der Waals surface area contributed by atoms with Crippen LogP contribution in [0.15, 0.2) is 30.3 Å². The number of amides is 1. The zero-order valence-electron chi connectivity index (χ0n) is 14.2. The lowest BCUT2D eigenvalue weighted by Gasteiger charge is -2.19. The summed E-state index contributed by atoms with van der Waals surface area (Å²) >= 11 is 0. The highest BCUT2D eigenvalue weighted by Gasteiger charge is 2.28. The van der Waals surface area contributed by atoms with Crippen LogP contribution in [0.25, 0.3) is 0 Å². The number of carbonyl (C=O) groups excluding carboxylic acids is 2. The summed E-state index contributed by atoms with van der Waals surface area (Å²) in [5.74, 6) is 0. The number of aromatic nitrogens is 1. The van der Waals surface area contributed by atoms with E-state index < -0.39 is 0 Å². The third kappa shape index (κ3) is 2.99. The monoisotopic (exact) mass is 325 g/mol. The largest absolute Gasteiger partial charge is 0.336 e. The van der Waals surface area contributed by atoms with Gasteiger partial charge in [0.05, 0.1) is 11.4 Å². The molecule has 1 aliphatic rings. The summed E-state index contributed by atoms with van der Waals surface area (Å²) in [6, 6.07) is 10.7. The first-order chi connectivity index (χ1) is 11.7. The zero-order chi connectivity index (χ0) is 17.1. The van der Waals surface area contributed by atoms with Crippen molar-refractivity contribution in [1.29, 1.82) is 0 Å². The topological polar surface area (TPSA) is 54.3 Å². The fourth-order valence-corrected chi connectivity index (χ4v) is 3.78. The van der Waals surface area contributed by atoms with Crippen molar-refractivity contribution in [1.82, 2.24) is 9.47 Å². The summed E-state index contributed by atoms with van der Waals surface area (Å²) in [7, 11) is 0. The van der Waals surface area contributed by atoms with Crippen LogP contribution in [-0.2, 0) is 11.3 Å². The molecule has 0 radical (unpaired) electrons. The molecular formula is C19H23N3O2. The van der Waals surface area contributed by atoms with E-state index in [-0.39, 0.29) is 6.04 Å². The highest BCUT2D eigenvalue weighted by molar-refractivity contribution is 5.85. The summed E-state index contributed by atoms with van der Waals surface area (Å²) < 4.78 is 2.10. The molecular weight excluding hydrogens is 302 g/mol. The maximum absolute atomic E-state index is 11.6.